The smallest absolute Gasteiger partial charge is 0.342 e. The SMILES string of the molecule is COc1cc(C(=O)CCCC2CCNCC2OC)ccc1Nc1ncc2c(n1)N(C1CCCC1)CC(F)(F)C(=O)N2C. The van der Waals surface area contributed by atoms with Crippen LogP contribution in [0, 0.1) is 5.92 Å². The molecule has 3 aliphatic rings. The molecule has 12 heteroatoms. The summed E-state index contributed by atoms with van der Waals surface area (Å²) >= 11 is 0. The van der Waals surface area contributed by atoms with Crippen LogP contribution in [-0.4, -0.2) is 80.6 Å². The van der Waals surface area contributed by atoms with Crippen LogP contribution in [-0.2, 0) is 9.53 Å². The van der Waals surface area contributed by atoms with Crippen molar-refractivity contribution in [3.05, 3.63) is 30.0 Å². The van der Waals surface area contributed by atoms with Crippen molar-refractivity contribution in [3.8, 4) is 5.75 Å². The number of nitrogens with zero attached hydrogens (tertiary/aromatic N) is 4. The Morgan fingerprint density at radius 3 is 2.74 bits per heavy atom. The largest absolute Gasteiger partial charge is 0.495 e. The number of ketones is 1. The first-order chi connectivity index (χ1) is 20.2. The number of hydrogen-bond donors (Lipinski definition) is 2. The molecule has 2 aromatic rings. The van der Waals surface area contributed by atoms with Gasteiger partial charge in [0.1, 0.15) is 11.4 Å². The Morgan fingerprint density at radius 2 is 2.00 bits per heavy atom. The van der Waals surface area contributed by atoms with Crippen molar-refractivity contribution in [2.75, 3.05) is 56.0 Å². The molecule has 1 saturated carbocycles. The number of anilines is 4. The van der Waals surface area contributed by atoms with Crippen LogP contribution >= 0.6 is 0 Å². The third kappa shape index (κ3) is 6.34. The van der Waals surface area contributed by atoms with Gasteiger partial charge in [-0.05, 0) is 62.8 Å². The van der Waals surface area contributed by atoms with Gasteiger partial charge in [0.25, 0.3) is 5.91 Å². The van der Waals surface area contributed by atoms with Crippen LogP contribution in [0.5, 0.6) is 5.75 Å². The second-order valence-electron chi connectivity index (χ2n) is 11.4. The number of benzene rings is 1. The molecule has 1 aliphatic carbocycles. The Kier molecular flexibility index (Phi) is 9.22. The van der Waals surface area contributed by atoms with Crippen molar-refractivity contribution in [2.24, 2.45) is 5.92 Å². The summed E-state index contributed by atoms with van der Waals surface area (Å²) in [5, 5.41) is 6.47. The van der Waals surface area contributed by atoms with Crippen molar-refractivity contribution in [1.29, 1.82) is 0 Å². The van der Waals surface area contributed by atoms with Crippen molar-refractivity contribution in [2.45, 2.75) is 69.4 Å². The maximum Gasteiger partial charge on any atom is 0.342 e. The number of amides is 1. The van der Waals surface area contributed by atoms with Gasteiger partial charge < -0.3 is 29.9 Å². The Morgan fingerprint density at radius 1 is 1.21 bits per heavy atom. The molecule has 5 rings (SSSR count). The molecule has 2 aliphatic heterocycles. The summed E-state index contributed by atoms with van der Waals surface area (Å²) in [5.41, 5.74) is 1.31. The number of Topliss-reactive ketones (excluding diaryl/α,β-unsaturated/α-hetero) is 1. The average molecular weight is 587 g/mol. The number of methoxy groups -OCH3 is 2. The normalized spacial score (nSPS) is 22.5. The number of piperidine rings is 1. The molecule has 1 amide bonds. The van der Waals surface area contributed by atoms with E-state index in [1.54, 1.807) is 30.2 Å². The van der Waals surface area contributed by atoms with Crippen molar-refractivity contribution in [1.82, 2.24) is 15.3 Å². The lowest BCUT2D eigenvalue weighted by Crippen LogP contribution is -2.48. The zero-order valence-electron chi connectivity index (χ0n) is 24.5. The quantitative estimate of drug-likeness (QED) is 0.387. The van der Waals surface area contributed by atoms with Crippen LogP contribution in [0.2, 0.25) is 0 Å². The second-order valence-corrected chi connectivity index (χ2v) is 11.4. The molecule has 2 N–H and O–H groups in total. The zero-order valence-corrected chi connectivity index (χ0v) is 24.5. The van der Waals surface area contributed by atoms with E-state index in [0.717, 1.165) is 62.9 Å². The highest BCUT2D eigenvalue weighted by Crippen LogP contribution is 2.40. The van der Waals surface area contributed by atoms with Gasteiger partial charge in [-0.15, -0.1) is 0 Å². The Labute approximate surface area is 245 Å². The highest BCUT2D eigenvalue weighted by Gasteiger charge is 2.48. The van der Waals surface area contributed by atoms with Gasteiger partial charge in [-0.2, -0.15) is 13.8 Å². The van der Waals surface area contributed by atoms with E-state index in [1.807, 2.05) is 0 Å². The van der Waals surface area contributed by atoms with E-state index in [4.69, 9.17) is 9.47 Å². The molecule has 1 aromatic heterocycles. The fourth-order valence-corrected chi connectivity index (χ4v) is 6.35. The number of aromatic nitrogens is 2. The molecular formula is C30H40F2N6O4. The summed E-state index contributed by atoms with van der Waals surface area (Å²) in [5.74, 6) is -3.44. The number of fused-ring (bicyclic) bond motifs is 1. The monoisotopic (exact) mass is 586 g/mol. The standard InChI is InChI=1S/C30H40F2N6O4/c1-37-23-16-34-29(36-27(23)38(21-8-4-5-9-21)18-30(31,32)28(37)40)35-22-12-11-20(15-25(22)41-2)24(39)10-6-7-19-13-14-33-17-26(19)42-3/h11-12,15-16,19,21,26,33H,4-10,13-14,17-18H2,1-3H3,(H,34,35,36). The van der Waals surface area contributed by atoms with Crippen LogP contribution in [0.1, 0.15) is 61.7 Å². The van der Waals surface area contributed by atoms with E-state index < -0.39 is 18.4 Å². The van der Waals surface area contributed by atoms with Crippen LogP contribution in [0.3, 0.4) is 0 Å². The first-order valence-corrected chi connectivity index (χ1v) is 14.7. The molecule has 228 valence electrons. The third-order valence-corrected chi connectivity index (χ3v) is 8.75. The van der Waals surface area contributed by atoms with Crippen molar-refractivity contribution >= 4 is 34.8 Å². The predicted molar refractivity (Wildman–Crippen MR) is 156 cm³/mol. The molecule has 2 atom stereocenters. The molecule has 1 saturated heterocycles. The van der Waals surface area contributed by atoms with Gasteiger partial charge in [0.2, 0.25) is 5.95 Å². The van der Waals surface area contributed by atoms with E-state index >= 15 is 0 Å². The molecular weight excluding hydrogens is 546 g/mol. The van der Waals surface area contributed by atoms with Crippen LogP contribution in [0.4, 0.5) is 31.9 Å². The summed E-state index contributed by atoms with van der Waals surface area (Å²) < 4.78 is 40.9. The Bertz CT molecular complexity index is 1290. The van der Waals surface area contributed by atoms with E-state index in [-0.39, 0.29) is 29.6 Å². The lowest BCUT2D eigenvalue weighted by Gasteiger charge is -2.31. The van der Waals surface area contributed by atoms with E-state index in [9.17, 15) is 18.4 Å². The minimum Gasteiger partial charge on any atom is -0.495 e. The molecule has 42 heavy (non-hydrogen) atoms. The maximum atomic E-state index is 14.9. The number of halogens is 2. The lowest BCUT2D eigenvalue weighted by molar-refractivity contribution is -0.140. The number of nitrogens with one attached hydrogen (secondary N) is 2. The van der Waals surface area contributed by atoms with Gasteiger partial charge in [-0.1, -0.05) is 12.8 Å². The summed E-state index contributed by atoms with van der Waals surface area (Å²) in [4.78, 5) is 37.0. The molecule has 0 bridgehead atoms. The van der Waals surface area contributed by atoms with Gasteiger partial charge in [-0.3, -0.25) is 9.59 Å². The molecule has 2 fully saturated rings. The minimum absolute atomic E-state index is 0.0323. The zero-order chi connectivity index (χ0) is 29.9. The van der Waals surface area contributed by atoms with Gasteiger partial charge in [0, 0.05) is 38.7 Å². The number of ether oxygens (including phenoxy) is 2. The summed E-state index contributed by atoms with van der Waals surface area (Å²) in [6, 6.07) is 5.02. The van der Waals surface area contributed by atoms with E-state index in [0.29, 0.717) is 35.2 Å². The molecule has 0 spiro atoms. The van der Waals surface area contributed by atoms with Gasteiger partial charge in [0.05, 0.1) is 31.6 Å². The summed E-state index contributed by atoms with van der Waals surface area (Å²) in [6.07, 6.45) is 8.15. The van der Waals surface area contributed by atoms with Gasteiger partial charge >= 0.3 is 5.92 Å². The van der Waals surface area contributed by atoms with Crippen LogP contribution in [0.15, 0.2) is 24.4 Å². The highest BCUT2D eigenvalue weighted by atomic mass is 19.3. The average Bonchev–Trinajstić information content (AvgIpc) is 3.52. The molecule has 3 heterocycles. The van der Waals surface area contributed by atoms with Gasteiger partial charge in [0.15, 0.2) is 11.6 Å². The third-order valence-electron chi connectivity index (χ3n) is 8.75. The summed E-state index contributed by atoms with van der Waals surface area (Å²) in [7, 11) is 4.57. The van der Waals surface area contributed by atoms with Crippen LogP contribution < -0.4 is 25.2 Å². The number of carbonyl (C=O) groups is 2. The van der Waals surface area contributed by atoms with Crippen molar-refractivity contribution < 1.29 is 27.8 Å². The van der Waals surface area contributed by atoms with Gasteiger partial charge in [-0.25, -0.2) is 4.98 Å². The van der Waals surface area contributed by atoms with E-state index in [1.165, 1.54) is 20.4 Å². The second kappa shape index (κ2) is 12.9. The molecule has 1 aromatic carbocycles. The predicted octanol–water partition coefficient (Wildman–Crippen LogP) is 4.57. The van der Waals surface area contributed by atoms with Crippen LogP contribution in [0.25, 0.3) is 0 Å². The Hall–Kier alpha value is -3.38. The molecule has 0 radical (unpaired) electrons. The number of carbonyl (C=O) groups excluding carboxylic acids is 2. The maximum absolute atomic E-state index is 14.9. The summed E-state index contributed by atoms with van der Waals surface area (Å²) in [6.45, 7) is 1.08. The number of hydrogen-bond acceptors (Lipinski definition) is 9. The number of rotatable bonds is 10. The topological polar surface area (TPSA) is 109 Å². The molecule has 2 unspecified atom stereocenters. The first-order valence-electron chi connectivity index (χ1n) is 14.7. The lowest BCUT2D eigenvalue weighted by atomic mass is 9.89. The van der Waals surface area contributed by atoms with E-state index in [2.05, 4.69) is 20.6 Å². The fourth-order valence-electron chi connectivity index (χ4n) is 6.35. The fraction of sp³-hybridized carbons (Fsp3) is 0.600. The minimum atomic E-state index is -3.55. The first kappa shape index (κ1) is 30.1. The van der Waals surface area contributed by atoms with Crippen molar-refractivity contribution in [3.63, 3.8) is 0 Å². The molecule has 10 nitrogen and oxygen atoms in total. The number of alkyl halides is 2. The Balaban J connectivity index is 1.31. The highest BCUT2D eigenvalue weighted by molar-refractivity contribution is 6.02.